The van der Waals surface area contributed by atoms with Gasteiger partial charge in [0, 0.05) is 25.1 Å². The van der Waals surface area contributed by atoms with Gasteiger partial charge >= 0.3 is 0 Å². The van der Waals surface area contributed by atoms with E-state index in [0.29, 0.717) is 80.9 Å². The van der Waals surface area contributed by atoms with Gasteiger partial charge in [-0.05, 0) is 55.9 Å². The summed E-state index contributed by atoms with van der Waals surface area (Å²) in [5, 5.41) is 9.73. The number of aliphatic hydroxyl groups is 1. The Bertz CT molecular complexity index is 1690. The van der Waals surface area contributed by atoms with E-state index in [9.17, 15) is 18.7 Å². The molecule has 2 aliphatic heterocycles. The largest absolute Gasteiger partial charge is 0.484 e. The number of alkyl halides is 2. The maximum Gasteiger partial charge on any atom is 0.296 e. The number of benzene rings is 2. The highest BCUT2D eigenvalue weighted by molar-refractivity contribution is 5.97. The van der Waals surface area contributed by atoms with E-state index in [1.54, 1.807) is 35.2 Å². The predicted molar refractivity (Wildman–Crippen MR) is 166 cm³/mol. The summed E-state index contributed by atoms with van der Waals surface area (Å²) in [5.74, 6) is 1.26. The minimum atomic E-state index is -2.81. The molecule has 1 saturated carbocycles. The molecule has 2 fully saturated rings. The molecule has 4 aromatic rings. The van der Waals surface area contributed by atoms with Gasteiger partial charge in [0.25, 0.3) is 6.43 Å². The number of anilines is 2. The summed E-state index contributed by atoms with van der Waals surface area (Å²) in [6.07, 6.45) is -0.257. The molecule has 1 unspecified atom stereocenters. The zero-order chi connectivity index (χ0) is 31.6. The number of imidazole rings is 1. The van der Waals surface area contributed by atoms with Crippen molar-refractivity contribution in [2.45, 2.75) is 38.2 Å². The number of aromatic nitrogens is 4. The van der Waals surface area contributed by atoms with E-state index in [2.05, 4.69) is 9.97 Å². The van der Waals surface area contributed by atoms with E-state index < -0.39 is 18.4 Å². The third kappa shape index (κ3) is 6.08. The molecular formula is C33H36F2N6O5. The smallest absolute Gasteiger partial charge is 0.296 e. The van der Waals surface area contributed by atoms with E-state index in [-0.39, 0.29) is 30.2 Å². The van der Waals surface area contributed by atoms with Crippen molar-refractivity contribution in [1.82, 2.24) is 19.5 Å². The number of ether oxygens (including phenoxy) is 3. The summed E-state index contributed by atoms with van der Waals surface area (Å²) in [6.45, 7) is 2.69. The summed E-state index contributed by atoms with van der Waals surface area (Å²) >= 11 is 0. The first-order chi connectivity index (χ1) is 22.5. The molecule has 1 aliphatic carbocycles. The van der Waals surface area contributed by atoms with Gasteiger partial charge < -0.3 is 29.1 Å². The van der Waals surface area contributed by atoms with E-state index in [1.807, 2.05) is 29.2 Å². The Morgan fingerprint density at radius 3 is 2.54 bits per heavy atom. The number of nitrogens with zero attached hydrogens (tertiary/aromatic N) is 6. The first kappa shape index (κ1) is 30.3. The van der Waals surface area contributed by atoms with E-state index in [4.69, 9.17) is 19.2 Å². The summed E-state index contributed by atoms with van der Waals surface area (Å²) in [5.41, 5.74) is 1.70. The molecule has 13 heteroatoms. The molecule has 1 saturated heterocycles. The Labute approximate surface area is 264 Å². The SMILES string of the molecule is O=C(C1CCC(COc2cc(-n3c(C(F)F)nc4ccccc43)nc(N3CCOCC3)n2)CC1)N1CC(CO)Oc2ccccc21. The quantitative estimate of drug-likeness (QED) is 0.298. The lowest BCUT2D eigenvalue weighted by Crippen LogP contribution is -2.47. The maximum atomic E-state index is 14.2. The van der Waals surface area contributed by atoms with Gasteiger partial charge in [0.15, 0.2) is 5.82 Å². The van der Waals surface area contributed by atoms with Crippen LogP contribution in [0.2, 0.25) is 0 Å². The van der Waals surface area contributed by atoms with Crippen molar-refractivity contribution in [2.75, 3.05) is 55.9 Å². The average molecular weight is 635 g/mol. The minimum Gasteiger partial charge on any atom is -0.484 e. The number of fused-ring (bicyclic) bond motifs is 2. The van der Waals surface area contributed by atoms with Crippen molar-refractivity contribution in [3.8, 4) is 17.4 Å². The number of morpholine rings is 1. The second kappa shape index (κ2) is 13.2. The van der Waals surface area contributed by atoms with Crippen molar-refractivity contribution in [3.05, 3.63) is 60.4 Å². The monoisotopic (exact) mass is 634 g/mol. The summed E-state index contributed by atoms with van der Waals surface area (Å²) in [4.78, 5) is 30.9. The number of carbonyl (C=O) groups is 1. The Kier molecular flexibility index (Phi) is 8.67. The van der Waals surface area contributed by atoms with E-state index in [1.165, 1.54) is 4.57 Å². The Hall–Kier alpha value is -4.36. The van der Waals surface area contributed by atoms with E-state index in [0.717, 1.165) is 18.5 Å². The third-order valence-electron chi connectivity index (χ3n) is 8.95. The average Bonchev–Trinajstić information content (AvgIpc) is 3.51. The molecular weight excluding hydrogens is 598 g/mol. The fourth-order valence-corrected chi connectivity index (χ4v) is 6.53. The molecule has 0 bridgehead atoms. The molecule has 11 nitrogen and oxygen atoms in total. The molecule has 1 amide bonds. The van der Waals surface area contributed by atoms with Crippen LogP contribution in [0.15, 0.2) is 54.6 Å². The van der Waals surface area contributed by atoms with Crippen LogP contribution < -0.4 is 19.3 Å². The van der Waals surface area contributed by atoms with Crippen LogP contribution in [-0.2, 0) is 9.53 Å². The zero-order valence-electron chi connectivity index (χ0n) is 25.3. The number of carbonyl (C=O) groups excluding carboxylic acids is 1. The highest BCUT2D eigenvalue weighted by Gasteiger charge is 2.35. The number of halogens is 2. The van der Waals surface area contributed by atoms with Crippen LogP contribution in [0.1, 0.15) is 37.9 Å². The lowest BCUT2D eigenvalue weighted by Gasteiger charge is -2.37. The second-order valence-electron chi connectivity index (χ2n) is 11.9. The molecule has 242 valence electrons. The van der Waals surface area contributed by atoms with Gasteiger partial charge in [-0.15, -0.1) is 0 Å². The Morgan fingerprint density at radius 2 is 1.76 bits per heavy atom. The lowest BCUT2D eigenvalue weighted by molar-refractivity contribution is -0.124. The highest BCUT2D eigenvalue weighted by atomic mass is 19.3. The molecule has 0 radical (unpaired) electrons. The van der Waals surface area contributed by atoms with Crippen LogP contribution in [0.3, 0.4) is 0 Å². The fourth-order valence-electron chi connectivity index (χ4n) is 6.53. The third-order valence-corrected chi connectivity index (χ3v) is 8.95. The topological polar surface area (TPSA) is 115 Å². The minimum absolute atomic E-state index is 0.0477. The van der Waals surface area contributed by atoms with Crippen molar-refractivity contribution in [1.29, 1.82) is 0 Å². The van der Waals surface area contributed by atoms with Crippen LogP contribution in [0.25, 0.3) is 16.9 Å². The van der Waals surface area contributed by atoms with Gasteiger partial charge in [0.05, 0.1) is 49.7 Å². The number of para-hydroxylation sites is 4. The Morgan fingerprint density at radius 1 is 1.00 bits per heavy atom. The number of rotatable bonds is 8. The fraction of sp³-hybridized carbons (Fsp3) is 0.455. The van der Waals surface area contributed by atoms with Gasteiger partial charge in [-0.1, -0.05) is 24.3 Å². The van der Waals surface area contributed by atoms with Crippen molar-refractivity contribution < 1.29 is 32.9 Å². The number of hydrogen-bond donors (Lipinski definition) is 1. The zero-order valence-corrected chi connectivity index (χ0v) is 25.3. The molecule has 0 spiro atoms. The second-order valence-corrected chi connectivity index (χ2v) is 11.9. The molecule has 1 N–H and O–H groups in total. The normalized spacial score (nSPS) is 21.7. The van der Waals surface area contributed by atoms with Crippen molar-refractivity contribution in [3.63, 3.8) is 0 Å². The molecule has 1 atom stereocenters. The van der Waals surface area contributed by atoms with Gasteiger partial charge in [-0.3, -0.25) is 9.36 Å². The summed E-state index contributed by atoms with van der Waals surface area (Å²) < 4.78 is 47.3. The van der Waals surface area contributed by atoms with Gasteiger partial charge in [0.2, 0.25) is 17.7 Å². The van der Waals surface area contributed by atoms with Crippen LogP contribution in [0.5, 0.6) is 11.6 Å². The van der Waals surface area contributed by atoms with Gasteiger partial charge in [-0.25, -0.2) is 13.8 Å². The molecule has 4 heterocycles. The molecule has 2 aromatic carbocycles. The van der Waals surface area contributed by atoms with Crippen LogP contribution in [-0.4, -0.2) is 82.7 Å². The van der Waals surface area contributed by atoms with Crippen LogP contribution in [0.4, 0.5) is 20.4 Å². The number of amides is 1. The van der Waals surface area contributed by atoms with E-state index >= 15 is 0 Å². The Balaban J connectivity index is 1.07. The predicted octanol–water partition coefficient (Wildman–Crippen LogP) is 4.56. The maximum absolute atomic E-state index is 14.2. The highest BCUT2D eigenvalue weighted by Crippen LogP contribution is 2.37. The summed E-state index contributed by atoms with van der Waals surface area (Å²) in [6, 6.07) is 16.0. The first-order valence-electron chi connectivity index (χ1n) is 15.8. The van der Waals surface area contributed by atoms with Crippen LogP contribution in [0, 0.1) is 11.8 Å². The van der Waals surface area contributed by atoms with Gasteiger partial charge in [0.1, 0.15) is 17.7 Å². The van der Waals surface area contributed by atoms with Crippen molar-refractivity contribution >= 4 is 28.6 Å². The van der Waals surface area contributed by atoms with Crippen LogP contribution >= 0.6 is 0 Å². The molecule has 2 aromatic heterocycles. The first-order valence-corrected chi connectivity index (χ1v) is 15.8. The molecule has 46 heavy (non-hydrogen) atoms. The van der Waals surface area contributed by atoms with Crippen molar-refractivity contribution in [2.24, 2.45) is 11.8 Å². The standard InChI is InChI=1S/C33H36F2N6O5/c34-30(35)31-36-24-5-1-2-6-25(24)41(31)28-17-29(38-33(37-28)39-13-15-44-16-14-39)45-20-21-9-11-22(12-10-21)32(43)40-18-23(19-42)46-27-8-4-3-7-26(27)40/h1-8,17,21-23,30,42H,9-16,18-20H2. The number of aliphatic hydroxyl groups excluding tert-OH is 1. The molecule has 3 aliphatic rings. The van der Waals surface area contributed by atoms with Gasteiger partial charge in [-0.2, -0.15) is 9.97 Å². The number of hydrogen-bond acceptors (Lipinski definition) is 9. The lowest BCUT2D eigenvalue weighted by atomic mass is 9.81. The summed E-state index contributed by atoms with van der Waals surface area (Å²) in [7, 11) is 0. The molecule has 7 rings (SSSR count).